The summed E-state index contributed by atoms with van der Waals surface area (Å²) < 4.78 is 0. The van der Waals surface area contributed by atoms with Crippen LogP contribution < -0.4 is 0 Å². The maximum Gasteiger partial charge on any atom is 0.00606 e. The maximum atomic E-state index is 3.60. The van der Waals surface area contributed by atoms with Gasteiger partial charge < -0.3 is 4.90 Å². The zero-order valence-corrected chi connectivity index (χ0v) is 12.5. The molecular formula is C14H28BrN. The minimum absolute atomic E-state index is 0.945. The fourth-order valence-electron chi connectivity index (χ4n) is 2.48. The van der Waals surface area contributed by atoms with Gasteiger partial charge in [0.05, 0.1) is 0 Å². The molecule has 0 unspecified atom stereocenters. The van der Waals surface area contributed by atoms with E-state index < -0.39 is 0 Å². The zero-order valence-electron chi connectivity index (χ0n) is 10.9. The van der Waals surface area contributed by atoms with Crippen LogP contribution in [0.25, 0.3) is 0 Å². The molecule has 1 rings (SSSR count). The molecule has 16 heavy (non-hydrogen) atoms. The van der Waals surface area contributed by atoms with Crippen LogP contribution in [-0.2, 0) is 0 Å². The molecule has 0 atom stereocenters. The predicted octanol–water partition coefficient (Wildman–Crippen LogP) is 4.45. The molecule has 0 amide bonds. The monoisotopic (exact) mass is 289 g/mol. The van der Waals surface area contributed by atoms with E-state index in [0.29, 0.717) is 0 Å². The van der Waals surface area contributed by atoms with Crippen LogP contribution in [0.4, 0.5) is 0 Å². The molecule has 0 aromatic rings. The van der Waals surface area contributed by atoms with Crippen molar-refractivity contribution in [3.63, 3.8) is 0 Å². The molecule has 0 N–H and O–H groups in total. The highest BCUT2D eigenvalue weighted by atomic mass is 79.9. The lowest BCUT2D eigenvalue weighted by molar-refractivity contribution is 0.191. The van der Waals surface area contributed by atoms with E-state index in [0.717, 1.165) is 5.92 Å². The Kier molecular flexibility index (Phi) is 8.58. The number of hydrogen-bond acceptors (Lipinski definition) is 1. The van der Waals surface area contributed by atoms with Crippen molar-refractivity contribution in [3.05, 3.63) is 0 Å². The Morgan fingerprint density at radius 1 is 1.00 bits per heavy atom. The van der Waals surface area contributed by atoms with Gasteiger partial charge in [0, 0.05) is 5.33 Å². The highest BCUT2D eigenvalue weighted by molar-refractivity contribution is 9.09. The van der Waals surface area contributed by atoms with Crippen LogP contribution in [0, 0.1) is 5.92 Å². The Balaban J connectivity index is 1.90. The van der Waals surface area contributed by atoms with Gasteiger partial charge in [-0.3, -0.25) is 0 Å². The van der Waals surface area contributed by atoms with Crippen LogP contribution in [0.1, 0.15) is 58.3 Å². The van der Waals surface area contributed by atoms with Crippen molar-refractivity contribution < 1.29 is 0 Å². The Labute approximate surface area is 110 Å². The molecule has 2 heteroatoms. The molecule has 1 fully saturated rings. The highest BCUT2D eigenvalue weighted by Gasteiger charge is 2.17. The average molecular weight is 290 g/mol. The second kappa shape index (κ2) is 9.47. The Hall–Kier alpha value is 0.440. The molecule has 0 radical (unpaired) electrons. The lowest BCUT2D eigenvalue weighted by atomic mass is 9.99. The van der Waals surface area contributed by atoms with Crippen LogP contribution in [0.2, 0.25) is 0 Å². The smallest absolute Gasteiger partial charge is 0.00606 e. The number of halogens is 1. The van der Waals surface area contributed by atoms with Gasteiger partial charge in [-0.2, -0.15) is 0 Å². The third-order valence-corrected chi connectivity index (χ3v) is 4.67. The maximum absolute atomic E-state index is 3.60. The highest BCUT2D eigenvalue weighted by Crippen LogP contribution is 2.19. The largest absolute Gasteiger partial charge is 0.303 e. The van der Waals surface area contributed by atoms with Crippen molar-refractivity contribution in [2.75, 3.05) is 25.0 Å². The van der Waals surface area contributed by atoms with Gasteiger partial charge >= 0.3 is 0 Å². The fourth-order valence-corrected chi connectivity index (χ4v) is 3.13. The Morgan fingerprint density at radius 2 is 1.62 bits per heavy atom. The van der Waals surface area contributed by atoms with E-state index in [2.05, 4.69) is 27.8 Å². The van der Waals surface area contributed by atoms with Crippen molar-refractivity contribution in [1.82, 2.24) is 4.90 Å². The number of likely N-dealkylation sites (tertiary alicyclic amines) is 1. The van der Waals surface area contributed by atoms with Crippen molar-refractivity contribution in [2.45, 2.75) is 58.3 Å². The Morgan fingerprint density at radius 3 is 2.25 bits per heavy atom. The summed E-state index contributed by atoms with van der Waals surface area (Å²) in [6.07, 6.45) is 11.4. The topological polar surface area (TPSA) is 3.24 Å². The summed E-state index contributed by atoms with van der Waals surface area (Å²) in [5.74, 6) is 0.945. The van der Waals surface area contributed by atoms with Crippen LogP contribution >= 0.6 is 15.9 Å². The molecule has 1 aliphatic heterocycles. The van der Waals surface area contributed by atoms with Gasteiger partial charge in [-0.05, 0) is 44.8 Å². The standard InChI is InChI=1S/C14H28BrN/c1-2-3-4-5-6-7-10-16-11-8-14(13-15)9-12-16/h14H,2-13H2,1H3. The third-order valence-electron chi connectivity index (χ3n) is 3.75. The summed E-state index contributed by atoms with van der Waals surface area (Å²) in [5.41, 5.74) is 0. The van der Waals surface area contributed by atoms with Crippen LogP contribution in [0.15, 0.2) is 0 Å². The van der Waals surface area contributed by atoms with Crippen molar-refractivity contribution in [3.8, 4) is 0 Å². The molecule has 0 aromatic heterocycles. The van der Waals surface area contributed by atoms with Crippen LogP contribution in [0.3, 0.4) is 0 Å². The van der Waals surface area contributed by atoms with Gasteiger partial charge in [0.25, 0.3) is 0 Å². The SMILES string of the molecule is CCCCCCCCN1CCC(CBr)CC1. The number of hydrogen-bond donors (Lipinski definition) is 0. The van der Waals surface area contributed by atoms with Crippen molar-refractivity contribution >= 4 is 15.9 Å². The number of alkyl halides is 1. The first-order valence-corrected chi connectivity index (χ1v) is 8.27. The molecular weight excluding hydrogens is 262 g/mol. The second-order valence-corrected chi connectivity index (χ2v) is 5.85. The van der Waals surface area contributed by atoms with E-state index in [1.54, 1.807) is 0 Å². The van der Waals surface area contributed by atoms with Gasteiger partial charge in [0.15, 0.2) is 0 Å². The summed E-state index contributed by atoms with van der Waals surface area (Å²) >= 11 is 3.60. The summed E-state index contributed by atoms with van der Waals surface area (Å²) in [6.45, 7) is 6.31. The molecule has 0 bridgehead atoms. The normalized spacial score (nSPS) is 19.1. The molecule has 1 aliphatic rings. The predicted molar refractivity (Wildman–Crippen MR) is 76.3 cm³/mol. The summed E-state index contributed by atoms with van der Waals surface area (Å²) in [5, 5.41) is 1.21. The molecule has 0 aromatic carbocycles. The molecule has 1 nitrogen and oxygen atoms in total. The van der Waals surface area contributed by atoms with Crippen LogP contribution in [0.5, 0.6) is 0 Å². The second-order valence-electron chi connectivity index (χ2n) is 5.21. The van der Waals surface area contributed by atoms with Gasteiger partial charge in [-0.15, -0.1) is 0 Å². The molecule has 0 spiro atoms. The molecule has 96 valence electrons. The van der Waals surface area contributed by atoms with E-state index in [4.69, 9.17) is 0 Å². The fraction of sp³-hybridized carbons (Fsp3) is 1.00. The first kappa shape index (κ1) is 14.5. The molecule has 0 aliphatic carbocycles. The lowest BCUT2D eigenvalue weighted by Gasteiger charge is -2.31. The molecule has 0 saturated carbocycles. The van der Waals surface area contributed by atoms with E-state index in [9.17, 15) is 0 Å². The van der Waals surface area contributed by atoms with E-state index in [1.165, 1.54) is 76.3 Å². The third kappa shape index (κ3) is 6.24. The van der Waals surface area contributed by atoms with Gasteiger partial charge in [0.1, 0.15) is 0 Å². The zero-order chi connectivity index (χ0) is 11.6. The number of unbranched alkanes of at least 4 members (excludes halogenated alkanes) is 5. The first-order chi connectivity index (χ1) is 7.86. The first-order valence-electron chi connectivity index (χ1n) is 7.15. The van der Waals surface area contributed by atoms with Crippen molar-refractivity contribution in [2.24, 2.45) is 5.92 Å². The Bertz CT molecular complexity index is 153. The number of nitrogens with zero attached hydrogens (tertiary/aromatic N) is 1. The summed E-state index contributed by atoms with van der Waals surface area (Å²) in [7, 11) is 0. The number of rotatable bonds is 8. The molecule has 1 saturated heterocycles. The van der Waals surface area contributed by atoms with Gasteiger partial charge in [-0.1, -0.05) is 55.0 Å². The quantitative estimate of drug-likeness (QED) is 0.471. The number of piperidine rings is 1. The minimum Gasteiger partial charge on any atom is -0.303 e. The summed E-state index contributed by atoms with van der Waals surface area (Å²) in [4.78, 5) is 2.67. The van der Waals surface area contributed by atoms with Crippen molar-refractivity contribution in [1.29, 1.82) is 0 Å². The average Bonchev–Trinajstić information content (AvgIpc) is 2.34. The van der Waals surface area contributed by atoms with Crippen LogP contribution in [-0.4, -0.2) is 29.9 Å². The van der Waals surface area contributed by atoms with E-state index in [-0.39, 0.29) is 0 Å². The summed E-state index contributed by atoms with van der Waals surface area (Å²) in [6, 6.07) is 0. The molecule has 1 heterocycles. The lowest BCUT2D eigenvalue weighted by Crippen LogP contribution is -2.34. The van der Waals surface area contributed by atoms with E-state index in [1.807, 2.05) is 0 Å². The minimum atomic E-state index is 0.945. The van der Waals surface area contributed by atoms with E-state index >= 15 is 0 Å². The van der Waals surface area contributed by atoms with Gasteiger partial charge in [-0.25, -0.2) is 0 Å². The van der Waals surface area contributed by atoms with Gasteiger partial charge in [0.2, 0.25) is 0 Å².